The van der Waals surface area contributed by atoms with Crippen LogP contribution in [0.2, 0.25) is 5.02 Å². The summed E-state index contributed by atoms with van der Waals surface area (Å²) in [5.41, 5.74) is 0.310. The monoisotopic (exact) mass is 297 g/mol. The highest BCUT2D eigenvalue weighted by Gasteiger charge is 2.09. The van der Waals surface area contributed by atoms with Gasteiger partial charge < -0.3 is 10.4 Å². The standard InChI is InChI=1S/C11H12ClN5O3/c12-9-4-15-16(6-9)2-1-13-11(20)8-3-14-17(5-8)7-10(18)19/h3-6H,1-2,7H2,(H,13,20)(H,18,19). The van der Waals surface area contributed by atoms with Gasteiger partial charge in [-0.15, -0.1) is 0 Å². The summed E-state index contributed by atoms with van der Waals surface area (Å²) in [7, 11) is 0. The van der Waals surface area contributed by atoms with Crippen molar-refractivity contribution < 1.29 is 14.7 Å². The molecule has 0 radical (unpaired) electrons. The lowest BCUT2D eigenvalue weighted by molar-refractivity contribution is -0.137. The molecule has 0 atom stereocenters. The molecule has 0 aliphatic rings. The second-order valence-electron chi connectivity index (χ2n) is 4.00. The van der Waals surface area contributed by atoms with E-state index in [1.165, 1.54) is 23.3 Å². The first-order chi connectivity index (χ1) is 9.54. The van der Waals surface area contributed by atoms with E-state index in [1.54, 1.807) is 10.9 Å². The number of hydrogen-bond donors (Lipinski definition) is 2. The van der Waals surface area contributed by atoms with Gasteiger partial charge in [0.2, 0.25) is 0 Å². The van der Waals surface area contributed by atoms with E-state index >= 15 is 0 Å². The molecule has 106 valence electrons. The van der Waals surface area contributed by atoms with Crippen molar-refractivity contribution in [1.82, 2.24) is 24.9 Å². The van der Waals surface area contributed by atoms with Gasteiger partial charge >= 0.3 is 5.97 Å². The molecule has 0 spiro atoms. The topological polar surface area (TPSA) is 102 Å². The fraction of sp³-hybridized carbons (Fsp3) is 0.273. The van der Waals surface area contributed by atoms with E-state index in [0.29, 0.717) is 23.7 Å². The van der Waals surface area contributed by atoms with Gasteiger partial charge in [-0.05, 0) is 0 Å². The minimum absolute atomic E-state index is 0.279. The molecule has 2 heterocycles. The molecule has 0 aliphatic carbocycles. The van der Waals surface area contributed by atoms with Crippen LogP contribution in [0.1, 0.15) is 10.4 Å². The van der Waals surface area contributed by atoms with E-state index in [4.69, 9.17) is 16.7 Å². The van der Waals surface area contributed by atoms with E-state index in [9.17, 15) is 9.59 Å². The van der Waals surface area contributed by atoms with Gasteiger partial charge in [0.15, 0.2) is 0 Å². The third kappa shape index (κ3) is 3.82. The maximum atomic E-state index is 11.8. The van der Waals surface area contributed by atoms with Crippen LogP contribution in [0.5, 0.6) is 0 Å². The summed E-state index contributed by atoms with van der Waals surface area (Å²) in [6.07, 6.45) is 5.87. The zero-order chi connectivity index (χ0) is 14.5. The van der Waals surface area contributed by atoms with E-state index in [1.807, 2.05) is 0 Å². The van der Waals surface area contributed by atoms with Crippen molar-refractivity contribution in [2.24, 2.45) is 0 Å². The zero-order valence-corrected chi connectivity index (χ0v) is 11.1. The number of aromatic nitrogens is 4. The van der Waals surface area contributed by atoms with Crippen LogP contribution in [0.3, 0.4) is 0 Å². The fourth-order valence-corrected chi connectivity index (χ4v) is 1.71. The SMILES string of the molecule is O=C(O)Cn1cc(C(=O)NCCn2cc(Cl)cn2)cn1. The molecule has 0 bridgehead atoms. The number of halogens is 1. The highest BCUT2D eigenvalue weighted by Crippen LogP contribution is 2.04. The number of nitrogens with one attached hydrogen (secondary N) is 1. The van der Waals surface area contributed by atoms with Crippen molar-refractivity contribution in [3.05, 3.63) is 35.4 Å². The molecule has 2 aromatic heterocycles. The minimum atomic E-state index is -1.02. The smallest absolute Gasteiger partial charge is 0.325 e. The predicted molar refractivity (Wildman–Crippen MR) is 69.4 cm³/mol. The Kier molecular flexibility index (Phi) is 4.36. The Hall–Kier alpha value is -2.35. The summed E-state index contributed by atoms with van der Waals surface area (Å²) < 4.78 is 2.79. The summed E-state index contributed by atoms with van der Waals surface area (Å²) in [5, 5.41) is 19.6. The fourth-order valence-electron chi connectivity index (χ4n) is 1.55. The molecule has 9 heteroatoms. The number of nitrogens with zero attached hydrogens (tertiary/aromatic N) is 4. The lowest BCUT2D eigenvalue weighted by Crippen LogP contribution is -2.27. The highest BCUT2D eigenvalue weighted by atomic mass is 35.5. The maximum Gasteiger partial charge on any atom is 0.325 e. The molecule has 0 saturated carbocycles. The van der Waals surface area contributed by atoms with Crippen LogP contribution in [-0.4, -0.2) is 43.1 Å². The Morgan fingerprint density at radius 3 is 2.65 bits per heavy atom. The summed E-state index contributed by atoms with van der Waals surface area (Å²) in [5.74, 6) is -1.34. The maximum absolute atomic E-state index is 11.8. The Labute approximate surface area is 118 Å². The first-order valence-corrected chi connectivity index (χ1v) is 6.13. The van der Waals surface area contributed by atoms with E-state index in [0.717, 1.165) is 0 Å². The van der Waals surface area contributed by atoms with Crippen LogP contribution in [0.25, 0.3) is 0 Å². The third-order valence-electron chi connectivity index (χ3n) is 2.42. The molecule has 0 saturated heterocycles. The second kappa shape index (κ2) is 6.20. The van der Waals surface area contributed by atoms with Crippen molar-refractivity contribution in [2.75, 3.05) is 6.54 Å². The van der Waals surface area contributed by atoms with Crippen molar-refractivity contribution in [3.63, 3.8) is 0 Å². The number of carbonyl (C=O) groups is 2. The van der Waals surface area contributed by atoms with Crippen LogP contribution < -0.4 is 5.32 Å². The highest BCUT2D eigenvalue weighted by molar-refractivity contribution is 6.30. The lowest BCUT2D eigenvalue weighted by Gasteiger charge is -2.03. The number of aliphatic carboxylic acids is 1. The molecular formula is C11H12ClN5O3. The summed E-state index contributed by atoms with van der Waals surface area (Å²) >= 11 is 5.71. The van der Waals surface area contributed by atoms with Crippen LogP contribution in [0.4, 0.5) is 0 Å². The summed E-state index contributed by atoms with van der Waals surface area (Å²) in [4.78, 5) is 22.3. The van der Waals surface area contributed by atoms with Crippen molar-refractivity contribution >= 4 is 23.5 Å². The van der Waals surface area contributed by atoms with Crippen LogP contribution >= 0.6 is 11.6 Å². The largest absolute Gasteiger partial charge is 0.480 e. The number of carboxylic acid groups (broad SMARTS) is 1. The Morgan fingerprint density at radius 1 is 1.25 bits per heavy atom. The molecule has 8 nitrogen and oxygen atoms in total. The normalized spacial score (nSPS) is 10.4. The molecule has 2 aromatic rings. The molecule has 1 amide bonds. The van der Waals surface area contributed by atoms with Gasteiger partial charge in [0, 0.05) is 18.9 Å². The minimum Gasteiger partial charge on any atom is -0.480 e. The first kappa shape index (κ1) is 14.1. The van der Waals surface area contributed by atoms with Gasteiger partial charge in [-0.1, -0.05) is 11.6 Å². The third-order valence-corrected chi connectivity index (χ3v) is 2.62. The second-order valence-corrected chi connectivity index (χ2v) is 4.43. The molecule has 2 N–H and O–H groups in total. The lowest BCUT2D eigenvalue weighted by atomic mass is 10.3. The molecule has 0 unspecified atom stereocenters. The molecule has 0 fully saturated rings. The van der Waals surface area contributed by atoms with Gasteiger partial charge in [-0.2, -0.15) is 10.2 Å². The van der Waals surface area contributed by atoms with Gasteiger partial charge in [0.25, 0.3) is 5.91 Å². The predicted octanol–water partition coefficient (Wildman–Crippen LogP) is 0.248. The molecule has 0 aliphatic heterocycles. The average molecular weight is 298 g/mol. The summed E-state index contributed by atoms with van der Waals surface area (Å²) in [6, 6.07) is 0. The average Bonchev–Trinajstić information content (AvgIpc) is 2.98. The Balaban J connectivity index is 1.82. The number of amides is 1. The number of carboxylic acids is 1. The van der Waals surface area contributed by atoms with Crippen molar-refractivity contribution in [3.8, 4) is 0 Å². The molecule has 0 aromatic carbocycles. The van der Waals surface area contributed by atoms with Crippen LogP contribution in [0, 0.1) is 0 Å². The van der Waals surface area contributed by atoms with Gasteiger partial charge in [0.05, 0.1) is 29.5 Å². The van der Waals surface area contributed by atoms with Crippen LogP contribution in [-0.2, 0) is 17.9 Å². The molecular weight excluding hydrogens is 286 g/mol. The summed E-state index contributed by atoms with van der Waals surface area (Å²) in [6.45, 7) is 0.585. The van der Waals surface area contributed by atoms with Crippen LogP contribution in [0.15, 0.2) is 24.8 Å². The van der Waals surface area contributed by atoms with Crippen molar-refractivity contribution in [1.29, 1.82) is 0 Å². The van der Waals surface area contributed by atoms with Gasteiger partial charge in [0.1, 0.15) is 6.54 Å². The molecule has 2 rings (SSSR count). The number of rotatable bonds is 6. The van der Waals surface area contributed by atoms with E-state index < -0.39 is 5.97 Å². The Morgan fingerprint density at radius 2 is 2.00 bits per heavy atom. The Bertz CT molecular complexity index is 621. The van der Waals surface area contributed by atoms with E-state index in [-0.39, 0.29) is 12.5 Å². The van der Waals surface area contributed by atoms with E-state index in [2.05, 4.69) is 15.5 Å². The van der Waals surface area contributed by atoms with Gasteiger partial charge in [-0.25, -0.2) is 0 Å². The number of hydrogen-bond acceptors (Lipinski definition) is 4. The van der Waals surface area contributed by atoms with Crippen molar-refractivity contribution in [2.45, 2.75) is 13.1 Å². The first-order valence-electron chi connectivity index (χ1n) is 5.75. The van der Waals surface area contributed by atoms with Gasteiger partial charge in [-0.3, -0.25) is 19.0 Å². The quantitative estimate of drug-likeness (QED) is 0.795. The zero-order valence-electron chi connectivity index (χ0n) is 10.4. The molecule has 20 heavy (non-hydrogen) atoms. The number of carbonyl (C=O) groups excluding carboxylic acids is 1.